The molecule has 0 aliphatic carbocycles. The molecule has 2 aliphatic heterocycles. The van der Waals surface area contributed by atoms with E-state index in [0.29, 0.717) is 18.6 Å². The molecule has 3 heterocycles. The van der Waals surface area contributed by atoms with Crippen LogP contribution in [0.2, 0.25) is 0 Å². The number of hydrogen-bond acceptors (Lipinski definition) is 4. The highest BCUT2D eigenvalue weighted by Crippen LogP contribution is 2.30. The zero-order valence-electron chi connectivity index (χ0n) is 12.4. The Morgan fingerprint density at radius 2 is 2.13 bits per heavy atom. The van der Waals surface area contributed by atoms with Gasteiger partial charge in [0.05, 0.1) is 12.6 Å². The summed E-state index contributed by atoms with van der Waals surface area (Å²) < 4.78 is 33.5. The molecule has 1 fully saturated rings. The molecule has 1 unspecified atom stereocenters. The van der Waals surface area contributed by atoms with Gasteiger partial charge in [-0.15, -0.1) is 0 Å². The quantitative estimate of drug-likeness (QED) is 0.825. The molecule has 0 spiro atoms. The van der Waals surface area contributed by atoms with Crippen LogP contribution in [0.3, 0.4) is 0 Å². The second-order valence-electron chi connectivity index (χ2n) is 5.89. The third-order valence-electron chi connectivity index (χ3n) is 4.22. The zero-order valence-corrected chi connectivity index (χ0v) is 12.4. The average Bonchev–Trinajstić information content (AvgIpc) is 2.97. The van der Waals surface area contributed by atoms with Crippen LogP contribution in [-0.4, -0.2) is 46.0 Å². The molecule has 0 radical (unpaired) electrons. The lowest BCUT2D eigenvalue weighted by atomic mass is 10.0. The van der Waals surface area contributed by atoms with Gasteiger partial charge in [-0.25, -0.2) is 4.79 Å². The minimum Gasteiger partial charge on any atom is -0.378 e. The summed E-state index contributed by atoms with van der Waals surface area (Å²) in [7, 11) is 0. The summed E-state index contributed by atoms with van der Waals surface area (Å²) in [6.45, 7) is 0.256. The highest BCUT2D eigenvalue weighted by molar-refractivity contribution is 5.83. The molecule has 1 atom stereocenters. The third kappa shape index (κ3) is 3.19. The first-order valence-corrected chi connectivity index (χ1v) is 7.50. The topological polar surface area (TPSA) is 95.3 Å². The molecule has 1 aromatic rings. The van der Waals surface area contributed by atoms with Crippen molar-refractivity contribution in [2.45, 2.75) is 44.3 Å². The predicted molar refractivity (Wildman–Crippen MR) is 75.3 cm³/mol. The van der Waals surface area contributed by atoms with Crippen molar-refractivity contribution in [1.29, 1.82) is 0 Å². The van der Waals surface area contributed by atoms with Crippen LogP contribution in [0.1, 0.15) is 30.5 Å². The van der Waals surface area contributed by atoms with Crippen molar-refractivity contribution in [3.05, 3.63) is 32.1 Å². The summed E-state index contributed by atoms with van der Waals surface area (Å²) in [5.74, 6) is -4.81. The van der Waals surface area contributed by atoms with Crippen molar-refractivity contribution in [3.63, 3.8) is 0 Å². The number of H-pyrrole nitrogens is 2. The number of alkyl halides is 2. The molecule has 2 aliphatic rings. The molecule has 0 aromatic carbocycles. The number of halogens is 2. The fourth-order valence-corrected chi connectivity index (χ4v) is 3.06. The van der Waals surface area contributed by atoms with Crippen LogP contribution < -0.4 is 11.2 Å². The molecule has 1 saturated heterocycles. The van der Waals surface area contributed by atoms with Gasteiger partial charge in [0.15, 0.2) is 0 Å². The van der Waals surface area contributed by atoms with Crippen LogP contribution >= 0.6 is 0 Å². The molecule has 7 nitrogen and oxygen atoms in total. The van der Waals surface area contributed by atoms with E-state index in [2.05, 4.69) is 9.97 Å². The van der Waals surface area contributed by atoms with Crippen molar-refractivity contribution >= 4 is 5.91 Å². The summed E-state index contributed by atoms with van der Waals surface area (Å²) in [6, 6.07) is 0. The summed E-state index contributed by atoms with van der Waals surface area (Å²) in [6.07, 6.45) is 0.128. The smallest absolute Gasteiger partial charge is 0.327 e. The van der Waals surface area contributed by atoms with E-state index in [1.165, 1.54) is 0 Å². The highest BCUT2D eigenvalue weighted by Gasteiger charge is 2.45. The third-order valence-corrected chi connectivity index (χ3v) is 4.22. The number of amides is 1. The number of nitrogens with zero attached hydrogens (tertiary/aromatic N) is 1. The largest absolute Gasteiger partial charge is 0.378 e. The molecule has 23 heavy (non-hydrogen) atoms. The molecule has 9 heteroatoms. The minimum absolute atomic E-state index is 0.0159. The molecule has 126 valence electrons. The standard InChI is InChI=1S/C14H17F2N3O4/c15-14(16,6-8-2-1-5-23-8)12(21)19-4-3-9-10(7-19)17-13(22)18-11(9)20/h8H,1-7H2,(H2,17,18,20,22). The van der Waals surface area contributed by atoms with E-state index in [9.17, 15) is 23.2 Å². The van der Waals surface area contributed by atoms with Gasteiger partial charge in [-0.05, 0) is 19.3 Å². The zero-order chi connectivity index (χ0) is 16.6. The van der Waals surface area contributed by atoms with Crippen LogP contribution in [0.5, 0.6) is 0 Å². The number of rotatable bonds is 3. The van der Waals surface area contributed by atoms with E-state index in [4.69, 9.17) is 4.74 Å². The van der Waals surface area contributed by atoms with Crippen molar-refractivity contribution in [2.75, 3.05) is 13.2 Å². The van der Waals surface area contributed by atoms with Crippen molar-refractivity contribution in [3.8, 4) is 0 Å². The van der Waals surface area contributed by atoms with E-state index in [0.717, 1.165) is 11.3 Å². The number of carbonyl (C=O) groups is 1. The maximum atomic E-state index is 14.2. The Morgan fingerprint density at radius 3 is 2.83 bits per heavy atom. The maximum Gasteiger partial charge on any atom is 0.327 e. The number of hydrogen-bond donors (Lipinski definition) is 2. The van der Waals surface area contributed by atoms with E-state index in [1.807, 2.05) is 0 Å². The molecule has 1 aromatic heterocycles. The Balaban J connectivity index is 1.75. The maximum absolute atomic E-state index is 14.2. The van der Waals surface area contributed by atoms with Gasteiger partial charge in [0, 0.05) is 30.8 Å². The minimum atomic E-state index is -3.52. The molecule has 0 saturated carbocycles. The lowest BCUT2D eigenvalue weighted by Gasteiger charge is -2.31. The molecule has 3 rings (SSSR count). The Kier molecular flexibility index (Phi) is 4.05. The van der Waals surface area contributed by atoms with Gasteiger partial charge >= 0.3 is 11.6 Å². The van der Waals surface area contributed by atoms with Gasteiger partial charge in [-0.1, -0.05) is 0 Å². The normalized spacial score (nSPS) is 21.3. The highest BCUT2D eigenvalue weighted by atomic mass is 19.3. The van der Waals surface area contributed by atoms with Gasteiger partial charge in [0.2, 0.25) is 0 Å². The lowest BCUT2D eigenvalue weighted by Crippen LogP contribution is -2.48. The summed E-state index contributed by atoms with van der Waals surface area (Å²) in [4.78, 5) is 40.5. The number of fused-ring (bicyclic) bond motifs is 1. The summed E-state index contributed by atoms with van der Waals surface area (Å²) in [5, 5.41) is 0. The van der Waals surface area contributed by atoms with Crippen LogP contribution in [0.15, 0.2) is 9.59 Å². The van der Waals surface area contributed by atoms with Crippen LogP contribution in [-0.2, 0) is 22.5 Å². The molecule has 1 amide bonds. The number of nitrogens with one attached hydrogen (secondary N) is 2. The van der Waals surface area contributed by atoms with E-state index in [1.54, 1.807) is 0 Å². The van der Waals surface area contributed by atoms with Crippen LogP contribution in [0, 0.1) is 0 Å². The first kappa shape index (κ1) is 15.9. The van der Waals surface area contributed by atoms with Gasteiger partial charge < -0.3 is 14.6 Å². The van der Waals surface area contributed by atoms with E-state index >= 15 is 0 Å². The molecular weight excluding hydrogens is 312 g/mol. The summed E-state index contributed by atoms with van der Waals surface area (Å²) >= 11 is 0. The Labute approximate surface area is 129 Å². The fraction of sp³-hybridized carbons (Fsp3) is 0.643. The Hall–Kier alpha value is -2.03. The predicted octanol–water partition coefficient (Wildman–Crippen LogP) is 0.152. The Morgan fingerprint density at radius 1 is 1.35 bits per heavy atom. The molecular formula is C14H17F2N3O4. The monoisotopic (exact) mass is 329 g/mol. The molecule has 2 N–H and O–H groups in total. The molecule has 0 bridgehead atoms. The van der Waals surface area contributed by atoms with E-state index in [-0.39, 0.29) is 25.2 Å². The average molecular weight is 329 g/mol. The lowest BCUT2D eigenvalue weighted by molar-refractivity contribution is -0.163. The second-order valence-corrected chi connectivity index (χ2v) is 5.89. The first-order chi connectivity index (χ1) is 10.9. The SMILES string of the molecule is O=C(N1CCc2c([nH]c(=O)[nH]c2=O)C1)C(F)(F)CC1CCCO1. The van der Waals surface area contributed by atoms with Gasteiger partial charge in [0.25, 0.3) is 11.5 Å². The summed E-state index contributed by atoms with van der Waals surface area (Å²) in [5.41, 5.74) is -0.710. The van der Waals surface area contributed by atoms with Gasteiger partial charge in [-0.2, -0.15) is 8.78 Å². The number of ether oxygens (including phenoxy) is 1. The van der Waals surface area contributed by atoms with Crippen molar-refractivity contribution in [2.24, 2.45) is 0 Å². The number of aromatic amines is 2. The fourth-order valence-electron chi connectivity index (χ4n) is 3.06. The van der Waals surface area contributed by atoms with Crippen molar-refractivity contribution in [1.82, 2.24) is 14.9 Å². The number of carbonyl (C=O) groups excluding carboxylic acids is 1. The van der Waals surface area contributed by atoms with E-state index < -0.39 is 35.6 Å². The van der Waals surface area contributed by atoms with Crippen molar-refractivity contribution < 1.29 is 18.3 Å². The Bertz CT molecular complexity index is 721. The second kappa shape index (κ2) is 5.88. The van der Waals surface area contributed by atoms with Gasteiger partial charge in [0.1, 0.15) is 0 Å². The van der Waals surface area contributed by atoms with Crippen LogP contribution in [0.4, 0.5) is 8.78 Å². The number of aromatic nitrogens is 2. The first-order valence-electron chi connectivity index (χ1n) is 7.50. The van der Waals surface area contributed by atoms with Gasteiger partial charge in [-0.3, -0.25) is 14.6 Å². The van der Waals surface area contributed by atoms with Crippen LogP contribution in [0.25, 0.3) is 0 Å².